The number of hydrogen-bond acceptors (Lipinski definition) is 5. The van der Waals surface area contributed by atoms with E-state index in [9.17, 15) is 44.5 Å². The molecular weight excluding hydrogens is 486 g/mol. The molecule has 1 aliphatic heterocycles. The number of benzene rings is 1. The molecule has 0 spiro atoms. The average molecular weight is 496 g/mol. The van der Waals surface area contributed by atoms with Crippen LogP contribution in [0.15, 0.2) is 21.3 Å². The van der Waals surface area contributed by atoms with E-state index in [0.717, 1.165) is 24.3 Å². The van der Waals surface area contributed by atoms with Crippen LogP contribution in [0.3, 0.4) is 0 Å². The number of carbonyl (C=O) groups excluding carboxylic acids is 1. The molecule has 0 unspecified atom stereocenters. The minimum absolute atomic E-state index is 0. The molecule has 4 rings (SSSR count). The first-order valence-electron chi connectivity index (χ1n) is 8.73. The predicted molar refractivity (Wildman–Crippen MR) is 97.6 cm³/mol. The summed E-state index contributed by atoms with van der Waals surface area (Å²) in [7, 11) is -5.05. The number of rotatable bonds is 2. The van der Waals surface area contributed by atoms with Crippen molar-refractivity contribution in [2.24, 2.45) is 0 Å². The topological polar surface area (TPSA) is 101 Å². The molecule has 33 heavy (non-hydrogen) atoms. The predicted octanol–water partition coefficient (Wildman–Crippen LogP) is -0.203. The van der Waals surface area contributed by atoms with Crippen molar-refractivity contribution in [1.29, 1.82) is 0 Å². The van der Waals surface area contributed by atoms with Crippen LogP contribution in [0, 0.1) is 42.9 Å². The Morgan fingerprint density at radius 2 is 1.36 bits per heavy atom. The molecule has 3 heterocycles. The summed E-state index contributed by atoms with van der Waals surface area (Å²) in [5.41, 5.74) is -5.02. The minimum Gasteiger partial charge on any atom is -0.744 e. The number of allylic oxidation sites excluding steroid dienone is 1. The Morgan fingerprint density at radius 3 is 1.85 bits per heavy atom. The second-order valence-electron chi connectivity index (χ2n) is 7.11. The molecule has 1 aliphatic rings. The maximum atomic E-state index is 14.5. The van der Waals surface area contributed by atoms with Crippen LogP contribution in [0.4, 0.5) is 22.0 Å². The van der Waals surface area contributed by atoms with E-state index in [1.807, 2.05) is 0 Å². The van der Waals surface area contributed by atoms with Gasteiger partial charge < -0.3 is 4.55 Å². The van der Waals surface area contributed by atoms with Gasteiger partial charge in [0.15, 0.2) is 23.3 Å². The van der Waals surface area contributed by atoms with Gasteiger partial charge in [0.2, 0.25) is 5.82 Å². The van der Waals surface area contributed by atoms with Crippen molar-refractivity contribution in [3.8, 4) is 0 Å². The van der Waals surface area contributed by atoms with Gasteiger partial charge in [-0.3, -0.25) is 9.20 Å². The van der Waals surface area contributed by atoms with E-state index in [1.54, 1.807) is 0 Å². The van der Waals surface area contributed by atoms with Crippen LogP contribution in [0.25, 0.3) is 11.1 Å². The first kappa shape index (κ1) is 25.3. The summed E-state index contributed by atoms with van der Waals surface area (Å²) < 4.78 is 106. The zero-order valence-corrected chi connectivity index (χ0v) is 20.1. The van der Waals surface area contributed by atoms with Crippen LogP contribution in [-0.2, 0) is 10.1 Å². The molecule has 14 heteroatoms. The molecule has 1 aromatic carbocycles. The summed E-state index contributed by atoms with van der Waals surface area (Å²) in [6.45, 7) is 3.36. The number of halogens is 5. The molecule has 0 saturated heterocycles. The van der Waals surface area contributed by atoms with E-state index in [4.69, 9.17) is 0 Å². The molecule has 168 valence electrons. The van der Waals surface area contributed by atoms with Crippen molar-refractivity contribution >= 4 is 27.1 Å². The number of hydrogen-bond donors (Lipinski definition) is 0. The van der Waals surface area contributed by atoms with E-state index < -0.39 is 78.1 Å². The van der Waals surface area contributed by atoms with Crippen LogP contribution in [0.2, 0.25) is 0 Å². The summed E-state index contributed by atoms with van der Waals surface area (Å²) in [5.74, 6) is -12.4. The molecule has 7 nitrogen and oxygen atoms in total. The van der Waals surface area contributed by atoms with Crippen molar-refractivity contribution in [3.05, 3.63) is 73.7 Å². The van der Waals surface area contributed by atoms with Crippen molar-refractivity contribution in [2.75, 3.05) is 0 Å². The van der Waals surface area contributed by atoms with Gasteiger partial charge in [-0.15, -0.1) is 0 Å². The molecule has 0 radical (unpaired) electrons. The Kier molecular flexibility index (Phi) is 6.04. The number of aromatic nitrogens is 2. The van der Waals surface area contributed by atoms with E-state index in [-0.39, 0.29) is 46.3 Å². The number of aryl methyl sites for hydroxylation is 2. The van der Waals surface area contributed by atoms with Crippen molar-refractivity contribution in [2.45, 2.75) is 25.7 Å². The van der Waals surface area contributed by atoms with Gasteiger partial charge in [-0.05, 0) is 32.4 Å². The summed E-state index contributed by atoms with van der Waals surface area (Å²) in [4.78, 5) is 25.0. The van der Waals surface area contributed by atoms with Crippen molar-refractivity contribution in [3.63, 3.8) is 0 Å². The molecule has 2 aromatic heterocycles. The van der Waals surface area contributed by atoms with E-state index in [2.05, 4.69) is 0 Å². The third-order valence-corrected chi connectivity index (χ3v) is 6.49. The molecule has 0 amide bonds. The van der Waals surface area contributed by atoms with E-state index >= 15 is 0 Å². The fourth-order valence-corrected chi connectivity index (χ4v) is 4.94. The molecule has 0 aliphatic carbocycles. The van der Waals surface area contributed by atoms with Crippen LogP contribution in [-0.4, -0.2) is 27.8 Å². The fourth-order valence-electron chi connectivity index (χ4n) is 4.01. The van der Waals surface area contributed by atoms with Gasteiger partial charge in [0.1, 0.15) is 10.1 Å². The third-order valence-electron chi connectivity index (χ3n) is 5.39. The number of nitrogens with zero attached hydrogens (tertiary/aromatic N) is 2. The van der Waals surface area contributed by atoms with Gasteiger partial charge in [-0.2, -0.15) is 0 Å². The Labute approximate surface area is 204 Å². The van der Waals surface area contributed by atoms with Crippen molar-refractivity contribution < 1.29 is 69.3 Å². The van der Waals surface area contributed by atoms with Gasteiger partial charge in [0.25, 0.3) is 5.91 Å². The number of fused-ring (bicyclic) bond motifs is 2. The van der Waals surface area contributed by atoms with E-state index in [0.29, 0.717) is 4.57 Å². The van der Waals surface area contributed by atoms with Gasteiger partial charge in [0, 0.05) is 16.8 Å². The van der Waals surface area contributed by atoms with Gasteiger partial charge >= 0.3 is 35.2 Å². The van der Waals surface area contributed by atoms with Crippen molar-refractivity contribution in [1.82, 2.24) is 8.97 Å². The third kappa shape index (κ3) is 3.25. The fraction of sp³-hybridized carbons (Fsp3) is 0.158. The largest absolute Gasteiger partial charge is 1.00 e. The molecule has 0 atom stereocenters. The SMILES string of the molecule is CC1=C(c2c(F)c(F)c(F)c(F)c2F)c2cc3c(C)c(S(=O)(=O)[O-])c(C)n3c(=O)n2C1=O.[Na+]. The zero-order valence-electron chi connectivity index (χ0n) is 17.3. The van der Waals surface area contributed by atoms with Gasteiger partial charge in [0.05, 0.1) is 21.7 Å². The quantitative estimate of drug-likeness (QED) is 0.161. The maximum Gasteiger partial charge on any atom is 1.00 e. The molecule has 0 fully saturated rings. The first-order valence-corrected chi connectivity index (χ1v) is 10.1. The monoisotopic (exact) mass is 496 g/mol. The second-order valence-corrected chi connectivity index (χ2v) is 8.43. The Bertz CT molecular complexity index is 1590. The average Bonchev–Trinajstić information content (AvgIpc) is 3.10. The maximum absolute atomic E-state index is 14.5. The smallest absolute Gasteiger partial charge is 0.744 e. The van der Waals surface area contributed by atoms with Crippen LogP contribution in [0.1, 0.15) is 34.2 Å². The molecular formula is C19H10F5N2NaO5S. The second kappa shape index (κ2) is 7.87. The summed E-state index contributed by atoms with van der Waals surface area (Å²) >= 11 is 0. The summed E-state index contributed by atoms with van der Waals surface area (Å²) in [6, 6.07) is 0.972. The Morgan fingerprint density at radius 1 is 0.879 bits per heavy atom. The standard InChI is InChI=1S/C19H11F5N2O5S.Na/c1-5-8-4-9-10(11-12(20)14(22)16(24)15(23)13(11)21)6(2)18(27)26(9)19(28)25(8)7(3)17(5)32(29,30)31;/h4H,1-3H3,(H,29,30,31);/q;+1/p-1. The van der Waals surface area contributed by atoms with Gasteiger partial charge in [-0.1, -0.05) is 0 Å². The molecule has 0 bridgehead atoms. The minimum atomic E-state index is -5.05. The van der Waals surface area contributed by atoms with Crippen LogP contribution < -0.4 is 35.2 Å². The molecule has 0 saturated carbocycles. The normalized spacial score (nSPS) is 13.7. The Hall–Kier alpha value is -2.32. The summed E-state index contributed by atoms with van der Waals surface area (Å²) in [5, 5.41) is 0. The molecule has 3 aromatic rings. The van der Waals surface area contributed by atoms with Crippen LogP contribution >= 0.6 is 0 Å². The summed E-state index contributed by atoms with van der Waals surface area (Å²) in [6.07, 6.45) is 0. The Balaban J connectivity index is 0.00000306. The zero-order chi connectivity index (χ0) is 24.0. The van der Waals surface area contributed by atoms with E-state index in [1.165, 1.54) is 6.92 Å². The first-order chi connectivity index (χ1) is 14.7. The number of carbonyl (C=O) groups is 1. The molecule has 0 N–H and O–H groups in total. The van der Waals surface area contributed by atoms with Gasteiger partial charge in [-0.25, -0.2) is 39.7 Å². The van der Waals surface area contributed by atoms with Crippen LogP contribution in [0.5, 0.6) is 0 Å².